The third-order valence-corrected chi connectivity index (χ3v) is 6.19. The van der Waals surface area contributed by atoms with Crippen LogP contribution in [0, 0.1) is 0 Å². The molecule has 1 aromatic heterocycles. The van der Waals surface area contributed by atoms with Crippen LogP contribution in [0.25, 0.3) is 10.2 Å². The molecule has 0 fully saturated rings. The normalized spacial score (nSPS) is 12.1. The molecule has 0 saturated carbocycles. The number of hydrogen-bond acceptors (Lipinski definition) is 5. The maximum atomic E-state index is 12.9. The van der Waals surface area contributed by atoms with Gasteiger partial charge in [-0.05, 0) is 58.0 Å². The number of thiazole rings is 1. The molecule has 6 nitrogen and oxygen atoms in total. The number of para-hydroxylation sites is 2. The number of rotatable bonds is 6. The van der Waals surface area contributed by atoms with Crippen LogP contribution < -0.4 is 14.3 Å². The molecule has 144 valence electrons. The predicted octanol–water partition coefficient (Wildman–Crippen LogP) is 4.23. The minimum absolute atomic E-state index is 0.00638. The number of aromatic nitrogens is 1. The Bertz CT molecular complexity index is 1130. The minimum Gasteiger partial charge on any atom is -0.489 e. The standard InChI is InChI=1S/C19H22N2O4S2/c1-12(2)21-16-10-9-14(11-18(16)26-19(21)22)27(23,24)20-15-7-5-6-8-17(15)25-13(3)4/h5-13,20H,1-4H3. The van der Waals surface area contributed by atoms with Gasteiger partial charge in [-0.15, -0.1) is 0 Å². The van der Waals surface area contributed by atoms with Gasteiger partial charge in [0.05, 0.1) is 26.9 Å². The van der Waals surface area contributed by atoms with Crippen molar-refractivity contribution < 1.29 is 13.2 Å². The highest BCUT2D eigenvalue weighted by molar-refractivity contribution is 7.92. The van der Waals surface area contributed by atoms with Gasteiger partial charge >= 0.3 is 4.87 Å². The largest absolute Gasteiger partial charge is 0.489 e. The minimum atomic E-state index is -3.82. The zero-order valence-corrected chi connectivity index (χ0v) is 17.2. The Hall–Kier alpha value is -2.32. The summed E-state index contributed by atoms with van der Waals surface area (Å²) in [5, 5.41) is 0. The van der Waals surface area contributed by atoms with Gasteiger partial charge in [0.25, 0.3) is 10.0 Å². The second-order valence-corrected chi connectivity index (χ2v) is 9.41. The summed E-state index contributed by atoms with van der Waals surface area (Å²) in [6, 6.07) is 11.6. The monoisotopic (exact) mass is 406 g/mol. The summed E-state index contributed by atoms with van der Waals surface area (Å²) >= 11 is 1.05. The Balaban J connectivity index is 2.00. The Morgan fingerprint density at radius 1 is 1.07 bits per heavy atom. The molecule has 0 amide bonds. The zero-order valence-electron chi connectivity index (χ0n) is 15.6. The van der Waals surface area contributed by atoms with Gasteiger partial charge in [0.1, 0.15) is 5.75 Å². The van der Waals surface area contributed by atoms with Gasteiger partial charge in [0, 0.05) is 6.04 Å². The molecule has 2 aromatic carbocycles. The summed E-state index contributed by atoms with van der Waals surface area (Å²) in [5.41, 5.74) is 1.11. The van der Waals surface area contributed by atoms with Crippen molar-refractivity contribution in [2.75, 3.05) is 4.72 Å². The fraction of sp³-hybridized carbons (Fsp3) is 0.316. The average molecular weight is 407 g/mol. The van der Waals surface area contributed by atoms with Crippen molar-refractivity contribution in [3.8, 4) is 5.75 Å². The summed E-state index contributed by atoms with van der Waals surface area (Å²) < 4.78 is 36.3. The van der Waals surface area contributed by atoms with Crippen molar-refractivity contribution in [2.45, 2.75) is 44.7 Å². The summed E-state index contributed by atoms with van der Waals surface area (Å²) in [7, 11) is -3.82. The molecule has 0 bridgehead atoms. The zero-order chi connectivity index (χ0) is 19.8. The van der Waals surface area contributed by atoms with Crippen molar-refractivity contribution in [3.63, 3.8) is 0 Å². The predicted molar refractivity (Wildman–Crippen MR) is 109 cm³/mol. The van der Waals surface area contributed by atoms with Gasteiger partial charge in [0.15, 0.2) is 0 Å². The number of nitrogens with one attached hydrogen (secondary N) is 1. The van der Waals surface area contributed by atoms with Crippen LogP contribution in [0.2, 0.25) is 0 Å². The molecule has 1 heterocycles. The van der Waals surface area contributed by atoms with Gasteiger partial charge < -0.3 is 4.74 Å². The fourth-order valence-electron chi connectivity index (χ4n) is 2.78. The molecule has 0 unspecified atom stereocenters. The molecule has 3 aromatic rings. The maximum absolute atomic E-state index is 12.9. The summed E-state index contributed by atoms with van der Waals surface area (Å²) in [5.74, 6) is 0.466. The van der Waals surface area contributed by atoms with Gasteiger partial charge in [0.2, 0.25) is 0 Å². The van der Waals surface area contributed by atoms with E-state index >= 15 is 0 Å². The van der Waals surface area contributed by atoms with E-state index in [0.717, 1.165) is 16.9 Å². The van der Waals surface area contributed by atoms with Crippen LogP contribution in [0.15, 0.2) is 52.2 Å². The topological polar surface area (TPSA) is 77.4 Å². The first-order valence-corrected chi connectivity index (χ1v) is 10.9. The molecule has 1 N–H and O–H groups in total. The van der Waals surface area contributed by atoms with Crippen molar-refractivity contribution in [3.05, 3.63) is 52.1 Å². The number of benzene rings is 2. The first kappa shape index (κ1) is 19.4. The lowest BCUT2D eigenvalue weighted by molar-refractivity contribution is 0.244. The number of sulfonamides is 1. The molecule has 0 aliphatic heterocycles. The van der Waals surface area contributed by atoms with E-state index in [0.29, 0.717) is 16.1 Å². The Morgan fingerprint density at radius 2 is 1.78 bits per heavy atom. The van der Waals surface area contributed by atoms with Crippen LogP contribution in [0.5, 0.6) is 5.75 Å². The molecule has 0 aliphatic carbocycles. The fourth-order valence-corrected chi connectivity index (χ4v) is 5.01. The molecular formula is C19H22N2O4S2. The molecular weight excluding hydrogens is 384 g/mol. The van der Waals surface area contributed by atoms with Crippen molar-refractivity contribution >= 4 is 37.3 Å². The van der Waals surface area contributed by atoms with E-state index in [9.17, 15) is 13.2 Å². The van der Waals surface area contributed by atoms with Crippen LogP contribution in [-0.2, 0) is 10.0 Å². The summed E-state index contributed by atoms with van der Waals surface area (Å²) in [6.07, 6.45) is -0.0833. The molecule has 0 atom stereocenters. The van der Waals surface area contributed by atoms with E-state index in [4.69, 9.17) is 4.74 Å². The van der Waals surface area contributed by atoms with E-state index in [2.05, 4.69) is 4.72 Å². The third-order valence-electron chi connectivity index (χ3n) is 3.91. The molecule has 0 radical (unpaired) electrons. The highest BCUT2D eigenvalue weighted by atomic mass is 32.2. The van der Waals surface area contributed by atoms with Gasteiger partial charge in [-0.1, -0.05) is 23.5 Å². The Kier molecular flexibility index (Phi) is 5.30. The van der Waals surface area contributed by atoms with Crippen molar-refractivity contribution in [2.24, 2.45) is 0 Å². The van der Waals surface area contributed by atoms with Crippen LogP contribution in [0.4, 0.5) is 5.69 Å². The Morgan fingerprint density at radius 3 is 2.44 bits per heavy atom. The average Bonchev–Trinajstić information content (AvgIpc) is 2.91. The molecule has 0 aliphatic rings. The number of nitrogens with zero attached hydrogens (tertiary/aromatic N) is 1. The number of anilines is 1. The second-order valence-electron chi connectivity index (χ2n) is 6.73. The summed E-state index contributed by atoms with van der Waals surface area (Å²) in [6.45, 7) is 7.60. The summed E-state index contributed by atoms with van der Waals surface area (Å²) in [4.78, 5) is 12.2. The smallest absolute Gasteiger partial charge is 0.308 e. The van der Waals surface area contributed by atoms with Crippen molar-refractivity contribution in [1.29, 1.82) is 0 Å². The maximum Gasteiger partial charge on any atom is 0.308 e. The first-order chi connectivity index (χ1) is 12.7. The number of ether oxygens (including phenoxy) is 1. The lowest BCUT2D eigenvalue weighted by atomic mass is 10.3. The highest BCUT2D eigenvalue weighted by Crippen LogP contribution is 2.29. The van der Waals surface area contributed by atoms with Crippen LogP contribution in [0.1, 0.15) is 33.7 Å². The number of hydrogen-bond donors (Lipinski definition) is 1. The SMILES string of the molecule is CC(C)Oc1ccccc1NS(=O)(=O)c1ccc2c(c1)sc(=O)n2C(C)C. The highest BCUT2D eigenvalue weighted by Gasteiger charge is 2.19. The van der Waals surface area contributed by atoms with Crippen LogP contribution in [0.3, 0.4) is 0 Å². The lowest BCUT2D eigenvalue weighted by Gasteiger charge is -2.15. The van der Waals surface area contributed by atoms with E-state index in [-0.39, 0.29) is 21.9 Å². The lowest BCUT2D eigenvalue weighted by Crippen LogP contribution is -2.15. The first-order valence-electron chi connectivity index (χ1n) is 8.62. The van der Waals surface area contributed by atoms with E-state index in [1.54, 1.807) is 34.9 Å². The van der Waals surface area contributed by atoms with Gasteiger partial charge in [-0.3, -0.25) is 14.1 Å². The molecule has 0 saturated heterocycles. The third kappa shape index (κ3) is 4.01. The molecule has 0 spiro atoms. The molecule has 8 heteroatoms. The quantitative estimate of drug-likeness (QED) is 0.664. The number of fused-ring (bicyclic) bond motifs is 1. The Labute approximate surface area is 162 Å². The van der Waals surface area contributed by atoms with Gasteiger partial charge in [-0.25, -0.2) is 8.42 Å². The van der Waals surface area contributed by atoms with E-state index in [1.807, 2.05) is 27.7 Å². The van der Waals surface area contributed by atoms with Crippen LogP contribution >= 0.6 is 11.3 Å². The van der Waals surface area contributed by atoms with Gasteiger partial charge in [-0.2, -0.15) is 0 Å². The van der Waals surface area contributed by atoms with Crippen molar-refractivity contribution in [1.82, 2.24) is 4.57 Å². The van der Waals surface area contributed by atoms with E-state index in [1.165, 1.54) is 12.1 Å². The molecule has 27 heavy (non-hydrogen) atoms. The van der Waals surface area contributed by atoms with E-state index < -0.39 is 10.0 Å². The second kappa shape index (κ2) is 7.36. The van der Waals surface area contributed by atoms with Crippen LogP contribution in [-0.4, -0.2) is 19.1 Å². The molecule has 3 rings (SSSR count).